The first kappa shape index (κ1) is 17.0. The third-order valence-corrected chi connectivity index (χ3v) is 4.51. The van der Waals surface area contributed by atoms with Crippen molar-refractivity contribution in [2.75, 3.05) is 14.2 Å². The third kappa shape index (κ3) is 3.70. The maximum atomic E-state index is 12.2. The van der Waals surface area contributed by atoms with Crippen molar-refractivity contribution in [1.82, 2.24) is 9.62 Å². The van der Waals surface area contributed by atoms with E-state index in [1.54, 1.807) is 38.1 Å². The van der Waals surface area contributed by atoms with Crippen LogP contribution >= 0.6 is 0 Å². The maximum Gasteiger partial charge on any atom is 0.345 e. The first-order chi connectivity index (χ1) is 10.7. The van der Waals surface area contributed by atoms with Gasteiger partial charge in [-0.3, -0.25) is 4.79 Å². The molecule has 1 aliphatic heterocycles. The summed E-state index contributed by atoms with van der Waals surface area (Å²) in [6.45, 7) is 3.60. The summed E-state index contributed by atoms with van der Waals surface area (Å²) in [4.78, 5) is 12.2. The number of benzene rings is 1. The van der Waals surface area contributed by atoms with Crippen molar-refractivity contribution in [2.45, 2.75) is 19.9 Å². The van der Waals surface area contributed by atoms with Crippen LogP contribution in [0.1, 0.15) is 19.4 Å². The van der Waals surface area contributed by atoms with Gasteiger partial charge in [0, 0.05) is 18.7 Å². The second kappa shape index (κ2) is 6.41. The van der Waals surface area contributed by atoms with Gasteiger partial charge < -0.3 is 10.1 Å². The van der Waals surface area contributed by atoms with Crippen LogP contribution in [0.15, 0.2) is 40.4 Å². The Labute approximate surface area is 135 Å². The molecule has 1 heterocycles. The first-order valence-corrected chi connectivity index (χ1v) is 8.40. The Morgan fingerprint density at radius 1 is 1.35 bits per heavy atom. The molecule has 1 aliphatic rings. The van der Waals surface area contributed by atoms with Crippen LogP contribution in [0.5, 0.6) is 5.75 Å². The molecule has 23 heavy (non-hydrogen) atoms. The normalized spacial score (nSPS) is 16.7. The number of ether oxygens (including phenoxy) is 1. The number of hydrogen-bond acceptors (Lipinski definition) is 4. The van der Waals surface area contributed by atoms with E-state index >= 15 is 0 Å². The van der Waals surface area contributed by atoms with E-state index in [0.717, 1.165) is 4.31 Å². The molecule has 8 heteroatoms. The molecule has 0 saturated heterocycles. The molecule has 0 aliphatic carbocycles. The molecule has 0 bridgehead atoms. The van der Waals surface area contributed by atoms with Crippen molar-refractivity contribution in [3.8, 4) is 5.75 Å². The zero-order chi connectivity index (χ0) is 17.2. The van der Waals surface area contributed by atoms with E-state index in [1.165, 1.54) is 20.2 Å². The summed E-state index contributed by atoms with van der Waals surface area (Å²) in [7, 11) is -1.14. The van der Waals surface area contributed by atoms with E-state index in [9.17, 15) is 13.2 Å². The summed E-state index contributed by atoms with van der Waals surface area (Å²) in [5.74, 6) is 0.101. The highest BCUT2D eigenvalue weighted by atomic mass is 32.2. The van der Waals surface area contributed by atoms with Crippen LogP contribution in [0.4, 0.5) is 0 Å². The van der Waals surface area contributed by atoms with Crippen molar-refractivity contribution >= 4 is 21.8 Å². The quantitative estimate of drug-likeness (QED) is 0.890. The minimum atomic E-state index is -3.96. The van der Waals surface area contributed by atoms with E-state index in [2.05, 4.69) is 9.71 Å². The molecule has 1 aromatic rings. The van der Waals surface area contributed by atoms with Gasteiger partial charge in [-0.15, -0.1) is 4.40 Å². The molecule has 124 valence electrons. The highest BCUT2D eigenvalue weighted by Crippen LogP contribution is 2.21. The summed E-state index contributed by atoms with van der Waals surface area (Å²) in [6, 6.07) is 6.72. The fourth-order valence-electron chi connectivity index (χ4n) is 2.02. The Hall–Kier alpha value is -2.35. The number of allylic oxidation sites excluding steroid dienone is 1. The van der Waals surface area contributed by atoms with E-state index < -0.39 is 16.1 Å². The minimum Gasteiger partial charge on any atom is -0.497 e. The Morgan fingerprint density at radius 3 is 2.65 bits per heavy atom. The molecule has 0 spiro atoms. The second-order valence-corrected chi connectivity index (χ2v) is 6.94. The lowest BCUT2D eigenvalue weighted by atomic mass is 10.1. The van der Waals surface area contributed by atoms with Gasteiger partial charge in [-0.1, -0.05) is 12.1 Å². The molecule has 1 amide bonds. The molecule has 1 N–H and O–H groups in total. The van der Waals surface area contributed by atoms with E-state index in [1.807, 2.05) is 0 Å². The number of nitrogens with one attached hydrogen (secondary N) is 1. The molecule has 0 aromatic heterocycles. The number of rotatable bonds is 4. The number of carbonyl (C=O) groups is 1. The lowest BCUT2D eigenvalue weighted by molar-refractivity contribution is -0.118. The number of nitrogens with zero attached hydrogens (tertiary/aromatic N) is 2. The largest absolute Gasteiger partial charge is 0.497 e. The molecule has 0 saturated carbocycles. The molecule has 2 rings (SSSR count). The number of carbonyl (C=O) groups excluding carboxylic acids is 1. The molecule has 0 atom stereocenters. The summed E-state index contributed by atoms with van der Waals surface area (Å²) < 4.78 is 34.2. The van der Waals surface area contributed by atoms with Crippen LogP contribution in [-0.2, 0) is 15.0 Å². The summed E-state index contributed by atoms with van der Waals surface area (Å²) in [5.41, 5.74) is 0.762. The predicted octanol–water partition coefficient (Wildman–Crippen LogP) is 1.08. The number of amides is 1. The number of likely N-dealkylation sites (N-methyl/N-ethyl adjacent to an activating group) is 1. The van der Waals surface area contributed by atoms with E-state index in [4.69, 9.17) is 4.74 Å². The Balaban J connectivity index is 2.50. The summed E-state index contributed by atoms with van der Waals surface area (Å²) in [6.07, 6.45) is 1.45. The number of hydrogen-bond donors (Lipinski definition) is 1. The second-order valence-electron chi connectivity index (χ2n) is 5.31. The fraction of sp³-hybridized carbons (Fsp3) is 0.333. The van der Waals surface area contributed by atoms with Crippen LogP contribution in [-0.4, -0.2) is 44.5 Å². The molecular weight excluding hydrogens is 318 g/mol. The van der Waals surface area contributed by atoms with Crippen LogP contribution < -0.4 is 10.1 Å². The third-order valence-electron chi connectivity index (χ3n) is 3.19. The van der Waals surface area contributed by atoms with Crippen molar-refractivity contribution in [1.29, 1.82) is 0 Å². The molecule has 0 fully saturated rings. The molecule has 0 radical (unpaired) electrons. The average molecular weight is 337 g/mol. The van der Waals surface area contributed by atoms with Gasteiger partial charge in [-0.05, 0) is 32.1 Å². The Bertz CT molecular complexity index is 782. The van der Waals surface area contributed by atoms with Crippen molar-refractivity contribution in [3.05, 3.63) is 41.6 Å². The van der Waals surface area contributed by atoms with E-state index in [-0.39, 0.29) is 17.5 Å². The zero-order valence-electron chi connectivity index (χ0n) is 13.4. The Morgan fingerprint density at radius 2 is 2.04 bits per heavy atom. The lowest BCUT2D eigenvalue weighted by Crippen LogP contribution is -2.40. The minimum absolute atomic E-state index is 0.0199. The maximum absolute atomic E-state index is 12.2. The van der Waals surface area contributed by atoms with Crippen LogP contribution in [0, 0.1) is 0 Å². The highest BCUT2D eigenvalue weighted by molar-refractivity contribution is 7.88. The number of methoxy groups -OCH3 is 1. The van der Waals surface area contributed by atoms with Gasteiger partial charge in [0.15, 0.2) is 0 Å². The molecule has 7 nitrogen and oxygen atoms in total. The van der Waals surface area contributed by atoms with Crippen molar-refractivity contribution in [2.24, 2.45) is 4.40 Å². The van der Waals surface area contributed by atoms with E-state index in [0.29, 0.717) is 11.3 Å². The van der Waals surface area contributed by atoms with Gasteiger partial charge in [0.25, 0.3) is 5.91 Å². The Kier molecular flexibility index (Phi) is 4.74. The molecular formula is C15H19N3O4S. The average Bonchev–Trinajstić information content (AvgIpc) is 2.49. The fourth-order valence-corrected chi connectivity index (χ4v) is 2.93. The highest BCUT2D eigenvalue weighted by Gasteiger charge is 2.30. The van der Waals surface area contributed by atoms with Crippen LogP contribution in [0.2, 0.25) is 0 Å². The summed E-state index contributed by atoms with van der Waals surface area (Å²) in [5, 5.41) is 2.68. The standard InChI is InChI=1S/C15H19N3O4S/c1-10(2)16-15(19)14-9-13(17-23(20,21)18(14)3)11-6-5-7-12(8-11)22-4/h5-10H,1-4H3,(H,16,19). The van der Waals surface area contributed by atoms with Crippen molar-refractivity contribution in [3.63, 3.8) is 0 Å². The molecule has 1 aromatic carbocycles. The predicted molar refractivity (Wildman–Crippen MR) is 87.6 cm³/mol. The zero-order valence-corrected chi connectivity index (χ0v) is 14.2. The lowest BCUT2D eigenvalue weighted by Gasteiger charge is -2.24. The molecule has 0 unspecified atom stereocenters. The van der Waals surface area contributed by atoms with Crippen LogP contribution in [0.3, 0.4) is 0 Å². The smallest absolute Gasteiger partial charge is 0.345 e. The monoisotopic (exact) mass is 337 g/mol. The van der Waals surface area contributed by atoms with Gasteiger partial charge in [0.1, 0.15) is 11.4 Å². The van der Waals surface area contributed by atoms with Gasteiger partial charge in [0.05, 0.1) is 12.8 Å². The van der Waals surface area contributed by atoms with Gasteiger partial charge in [-0.2, -0.15) is 8.42 Å². The van der Waals surface area contributed by atoms with Gasteiger partial charge in [0.2, 0.25) is 0 Å². The SMILES string of the molecule is COc1cccc(C2=NS(=O)(=O)N(C)C(C(=O)NC(C)C)=C2)c1. The van der Waals surface area contributed by atoms with Gasteiger partial charge in [-0.25, -0.2) is 4.31 Å². The van der Waals surface area contributed by atoms with Crippen LogP contribution in [0.25, 0.3) is 0 Å². The summed E-state index contributed by atoms with van der Waals surface area (Å²) >= 11 is 0. The van der Waals surface area contributed by atoms with Gasteiger partial charge >= 0.3 is 10.2 Å². The van der Waals surface area contributed by atoms with Crippen molar-refractivity contribution < 1.29 is 17.9 Å². The topological polar surface area (TPSA) is 88.1 Å². The first-order valence-electron chi connectivity index (χ1n) is 7.00.